The Bertz CT molecular complexity index is 703. The van der Waals surface area contributed by atoms with Crippen LogP contribution in [0.15, 0.2) is 39.7 Å². The molecule has 1 atom stereocenters. The molecule has 0 aliphatic heterocycles. The van der Waals surface area contributed by atoms with E-state index in [0.717, 1.165) is 23.2 Å². The van der Waals surface area contributed by atoms with Gasteiger partial charge in [-0.2, -0.15) is 0 Å². The maximum atomic E-state index is 11.9. The van der Waals surface area contributed by atoms with Crippen LogP contribution < -0.4 is 5.32 Å². The van der Waals surface area contributed by atoms with Gasteiger partial charge in [0.05, 0.1) is 6.54 Å². The summed E-state index contributed by atoms with van der Waals surface area (Å²) in [6, 6.07) is 10.3. The molecule has 0 bridgehead atoms. The van der Waals surface area contributed by atoms with Crippen molar-refractivity contribution in [2.75, 3.05) is 27.7 Å². The van der Waals surface area contributed by atoms with E-state index in [1.165, 1.54) is 0 Å². The fourth-order valence-corrected chi connectivity index (χ4v) is 2.31. The van der Waals surface area contributed by atoms with Crippen molar-refractivity contribution in [3.8, 4) is 0 Å². The Labute approximate surface area is 149 Å². The van der Waals surface area contributed by atoms with E-state index in [0.29, 0.717) is 12.5 Å². The van der Waals surface area contributed by atoms with Crippen molar-refractivity contribution in [2.45, 2.75) is 32.9 Å². The van der Waals surface area contributed by atoms with Crippen molar-refractivity contribution in [1.82, 2.24) is 15.1 Å². The van der Waals surface area contributed by atoms with Gasteiger partial charge in [-0.05, 0) is 25.5 Å². The zero-order valence-electron chi connectivity index (χ0n) is 15.7. The number of benzene rings is 1. The Hall–Kier alpha value is -2.50. The van der Waals surface area contributed by atoms with Gasteiger partial charge in [-0.25, -0.2) is 4.99 Å². The molecule has 0 radical (unpaired) electrons. The molecule has 25 heavy (non-hydrogen) atoms. The van der Waals surface area contributed by atoms with Gasteiger partial charge in [0, 0.05) is 32.6 Å². The van der Waals surface area contributed by atoms with Gasteiger partial charge < -0.3 is 19.5 Å². The minimum absolute atomic E-state index is 0.0272. The highest BCUT2D eigenvalue weighted by Gasteiger charge is 2.13. The molecule has 2 aromatic rings. The molecule has 0 aliphatic carbocycles. The Balaban J connectivity index is 2.13. The predicted molar refractivity (Wildman–Crippen MR) is 102 cm³/mol. The summed E-state index contributed by atoms with van der Waals surface area (Å²) in [6.07, 6.45) is 0.971. The molecule has 0 aliphatic rings. The lowest BCUT2D eigenvalue weighted by Crippen LogP contribution is -2.43. The van der Waals surface area contributed by atoms with Gasteiger partial charge in [0.1, 0.15) is 17.9 Å². The van der Waals surface area contributed by atoms with Crippen LogP contribution in [0.4, 0.5) is 0 Å². The number of para-hydroxylation sites is 1. The van der Waals surface area contributed by atoms with Gasteiger partial charge in [-0.1, -0.05) is 25.1 Å². The first-order valence-corrected chi connectivity index (χ1v) is 8.60. The van der Waals surface area contributed by atoms with E-state index in [-0.39, 0.29) is 18.5 Å². The quantitative estimate of drug-likeness (QED) is 0.646. The minimum atomic E-state index is -0.0272. The number of hydrogen-bond donors (Lipinski definition) is 1. The van der Waals surface area contributed by atoms with Crippen molar-refractivity contribution >= 4 is 22.8 Å². The summed E-state index contributed by atoms with van der Waals surface area (Å²) in [5, 5.41) is 4.46. The van der Waals surface area contributed by atoms with E-state index in [4.69, 9.17) is 4.42 Å². The van der Waals surface area contributed by atoms with Gasteiger partial charge >= 0.3 is 0 Å². The molecule has 1 aromatic heterocycles. The van der Waals surface area contributed by atoms with Crippen molar-refractivity contribution in [2.24, 2.45) is 4.99 Å². The number of aliphatic imine (C=N–C) groups is 1. The van der Waals surface area contributed by atoms with E-state index in [2.05, 4.69) is 24.2 Å². The maximum Gasteiger partial charge on any atom is 0.243 e. The van der Waals surface area contributed by atoms with E-state index in [1.54, 1.807) is 19.0 Å². The van der Waals surface area contributed by atoms with E-state index >= 15 is 0 Å². The summed E-state index contributed by atoms with van der Waals surface area (Å²) in [7, 11) is 5.41. The topological polar surface area (TPSA) is 61.1 Å². The van der Waals surface area contributed by atoms with E-state index in [1.807, 2.05) is 42.3 Å². The van der Waals surface area contributed by atoms with Gasteiger partial charge in [0.25, 0.3) is 0 Å². The van der Waals surface area contributed by atoms with Gasteiger partial charge in [-0.3, -0.25) is 4.79 Å². The van der Waals surface area contributed by atoms with Crippen LogP contribution in [0, 0.1) is 0 Å². The Morgan fingerprint density at radius 1 is 1.28 bits per heavy atom. The zero-order valence-corrected chi connectivity index (χ0v) is 15.7. The molecule has 1 heterocycles. The first-order chi connectivity index (χ1) is 11.9. The Morgan fingerprint density at radius 3 is 2.64 bits per heavy atom. The first kappa shape index (κ1) is 18.8. The number of amides is 1. The summed E-state index contributed by atoms with van der Waals surface area (Å²) in [5.74, 6) is 1.53. The number of rotatable bonds is 6. The number of nitrogens with one attached hydrogen (secondary N) is 1. The van der Waals surface area contributed by atoms with Gasteiger partial charge in [0.15, 0.2) is 5.96 Å². The average molecular weight is 344 g/mol. The number of guanidine groups is 1. The number of carbonyl (C=O) groups excluding carboxylic acids is 1. The normalized spacial score (nSPS) is 12.9. The third kappa shape index (κ3) is 5.24. The molecule has 1 unspecified atom stereocenters. The summed E-state index contributed by atoms with van der Waals surface area (Å²) in [5.41, 5.74) is 0.877. The highest BCUT2D eigenvalue weighted by Crippen LogP contribution is 2.19. The maximum absolute atomic E-state index is 11.9. The fourth-order valence-electron chi connectivity index (χ4n) is 2.31. The van der Waals surface area contributed by atoms with Crippen LogP contribution >= 0.6 is 0 Å². The van der Waals surface area contributed by atoms with Crippen molar-refractivity contribution in [1.29, 1.82) is 0 Å². The summed E-state index contributed by atoms with van der Waals surface area (Å²) in [4.78, 5) is 19.9. The first-order valence-electron chi connectivity index (χ1n) is 8.60. The van der Waals surface area contributed by atoms with Crippen LogP contribution in [-0.2, 0) is 11.3 Å². The highest BCUT2D eigenvalue weighted by molar-refractivity contribution is 5.85. The highest BCUT2D eigenvalue weighted by atomic mass is 16.3. The van der Waals surface area contributed by atoms with Crippen LogP contribution in [0.3, 0.4) is 0 Å². The lowest BCUT2D eigenvalue weighted by atomic mass is 10.2. The number of fused-ring (bicyclic) bond motifs is 1. The standard InChI is InChI=1S/C19H28N4O2/c1-6-14(2)21-19(20-12-18(24)22(3)4)23(5)13-16-11-15-9-7-8-10-17(15)25-16/h7-11,14H,6,12-13H2,1-5H3,(H,20,21). The summed E-state index contributed by atoms with van der Waals surface area (Å²) in [6.45, 7) is 4.90. The molecule has 2 rings (SSSR count). The molecular weight excluding hydrogens is 316 g/mol. The van der Waals surface area contributed by atoms with Gasteiger partial charge in [-0.15, -0.1) is 0 Å². The number of hydrogen-bond acceptors (Lipinski definition) is 3. The second-order valence-electron chi connectivity index (χ2n) is 6.49. The number of carbonyl (C=O) groups is 1. The smallest absolute Gasteiger partial charge is 0.243 e. The predicted octanol–water partition coefficient (Wildman–Crippen LogP) is 2.70. The zero-order chi connectivity index (χ0) is 18.4. The molecule has 1 amide bonds. The lowest BCUT2D eigenvalue weighted by molar-refractivity contribution is -0.127. The van der Waals surface area contributed by atoms with Crippen LogP contribution in [0.5, 0.6) is 0 Å². The van der Waals surface area contributed by atoms with Crippen LogP contribution in [0.1, 0.15) is 26.0 Å². The van der Waals surface area contributed by atoms with Crippen molar-refractivity contribution < 1.29 is 9.21 Å². The van der Waals surface area contributed by atoms with Crippen molar-refractivity contribution in [3.63, 3.8) is 0 Å². The Kier molecular flexibility index (Phi) is 6.44. The number of furan rings is 1. The van der Waals surface area contributed by atoms with E-state index < -0.39 is 0 Å². The molecule has 0 fully saturated rings. The largest absolute Gasteiger partial charge is 0.459 e. The SMILES string of the molecule is CCC(C)NC(=NCC(=O)N(C)C)N(C)Cc1cc2ccccc2o1. The minimum Gasteiger partial charge on any atom is -0.459 e. The molecule has 6 nitrogen and oxygen atoms in total. The average Bonchev–Trinajstić information content (AvgIpc) is 2.99. The third-order valence-electron chi connectivity index (χ3n) is 4.08. The Morgan fingerprint density at radius 2 is 2.00 bits per heavy atom. The van der Waals surface area contributed by atoms with Crippen molar-refractivity contribution in [3.05, 3.63) is 36.1 Å². The van der Waals surface area contributed by atoms with Crippen LogP contribution in [0.25, 0.3) is 11.0 Å². The summed E-state index contributed by atoms with van der Waals surface area (Å²) < 4.78 is 5.88. The monoisotopic (exact) mass is 344 g/mol. The van der Waals surface area contributed by atoms with Crippen LogP contribution in [-0.4, -0.2) is 55.4 Å². The second kappa shape index (κ2) is 8.55. The molecule has 0 saturated heterocycles. The second-order valence-corrected chi connectivity index (χ2v) is 6.49. The van der Waals surface area contributed by atoms with E-state index in [9.17, 15) is 4.79 Å². The van der Waals surface area contributed by atoms with Gasteiger partial charge in [0.2, 0.25) is 5.91 Å². The van der Waals surface area contributed by atoms with Crippen LogP contribution in [0.2, 0.25) is 0 Å². The molecule has 1 N–H and O–H groups in total. The third-order valence-corrected chi connectivity index (χ3v) is 4.08. The molecule has 136 valence electrons. The number of likely N-dealkylation sites (N-methyl/N-ethyl adjacent to an activating group) is 1. The lowest BCUT2D eigenvalue weighted by Gasteiger charge is -2.24. The molecule has 0 saturated carbocycles. The molecule has 1 aromatic carbocycles. The summed E-state index contributed by atoms with van der Waals surface area (Å²) >= 11 is 0. The number of nitrogens with zero attached hydrogens (tertiary/aromatic N) is 3. The molecular formula is C19H28N4O2. The fraction of sp³-hybridized carbons (Fsp3) is 0.474. The molecule has 0 spiro atoms. The molecule has 6 heteroatoms.